The first-order chi connectivity index (χ1) is 11.3. The number of halogens is 1. The molecule has 0 aliphatic rings. The lowest BCUT2D eigenvalue weighted by atomic mass is 9.73. The molecule has 0 spiro atoms. The Morgan fingerprint density at radius 1 is 1.21 bits per heavy atom. The van der Waals surface area contributed by atoms with Gasteiger partial charge in [0.2, 0.25) is 0 Å². The topological polar surface area (TPSA) is 60.2 Å². The van der Waals surface area contributed by atoms with Crippen molar-refractivity contribution in [3.63, 3.8) is 0 Å². The second-order valence-corrected chi connectivity index (χ2v) is 7.11. The molecule has 0 amide bonds. The lowest BCUT2D eigenvalue weighted by molar-refractivity contribution is -0.0817. The quantitative estimate of drug-likeness (QED) is 0.751. The van der Waals surface area contributed by atoms with Gasteiger partial charge in [-0.25, -0.2) is 9.37 Å². The molecule has 1 atom stereocenters. The average molecular weight is 335 g/mol. The molecule has 0 aliphatic carbocycles. The van der Waals surface area contributed by atoms with Crippen molar-refractivity contribution in [3.8, 4) is 5.75 Å². The number of nitrogens with zero attached hydrogens (tertiary/aromatic N) is 3. The first kappa shape index (κ1) is 18.4. The van der Waals surface area contributed by atoms with Gasteiger partial charge in [0.25, 0.3) is 0 Å². The van der Waals surface area contributed by atoms with Gasteiger partial charge in [0.05, 0.1) is 18.8 Å². The Hall–Kier alpha value is -1.95. The van der Waals surface area contributed by atoms with Crippen molar-refractivity contribution in [2.75, 3.05) is 6.61 Å². The van der Waals surface area contributed by atoms with E-state index in [2.05, 4.69) is 10.1 Å². The summed E-state index contributed by atoms with van der Waals surface area (Å²) < 4.78 is 20.6. The Kier molecular flexibility index (Phi) is 5.94. The van der Waals surface area contributed by atoms with E-state index in [9.17, 15) is 9.50 Å². The highest BCUT2D eigenvalue weighted by Gasteiger charge is 2.40. The molecule has 0 saturated carbocycles. The number of hydrogen-bond acceptors (Lipinski definition) is 4. The molecule has 6 heteroatoms. The van der Waals surface area contributed by atoms with Gasteiger partial charge < -0.3 is 9.84 Å². The average Bonchev–Trinajstić information content (AvgIpc) is 3.00. The molecule has 1 aromatic carbocycles. The van der Waals surface area contributed by atoms with Crippen LogP contribution in [0.5, 0.6) is 5.75 Å². The van der Waals surface area contributed by atoms with Crippen LogP contribution in [0.2, 0.25) is 0 Å². The normalized spacial score (nSPS) is 14.4. The van der Waals surface area contributed by atoms with E-state index in [1.807, 2.05) is 20.8 Å². The Balaban J connectivity index is 1.84. The summed E-state index contributed by atoms with van der Waals surface area (Å²) in [5.41, 5.74) is -1.20. The van der Waals surface area contributed by atoms with Gasteiger partial charge in [-0.05, 0) is 36.8 Å². The molecule has 1 aromatic heterocycles. The molecule has 132 valence electrons. The van der Waals surface area contributed by atoms with Crippen molar-refractivity contribution in [2.24, 2.45) is 5.41 Å². The molecule has 2 aromatic rings. The van der Waals surface area contributed by atoms with Crippen molar-refractivity contribution in [1.29, 1.82) is 0 Å². The summed E-state index contributed by atoms with van der Waals surface area (Å²) in [5.74, 6) is -0.0823. The van der Waals surface area contributed by atoms with Gasteiger partial charge in [0.15, 0.2) is 11.6 Å². The van der Waals surface area contributed by atoms with E-state index >= 15 is 0 Å². The van der Waals surface area contributed by atoms with E-state index < -0.39 is 5.60 Å². The van der Waals surface area contributed by atoms with E-state index in [1.165, 1.54) is 12.4 Å². The Bertz CT molecular complexity index is 625. The van der Waals surface area contributed by atoms with E-state index in [0.717, 1.165) is 12.8 Å². The highest BCUT2D eigenvalue weighted by atomic mass is 19.1. The second kappa shape index (κ2) is 7.75. The third-order valence-electron chi connectivity index (χ3n) is 4.37. The van der Waals surface area contributed by atoms with Gasteiger partial charge in [-0.15, -0.1) is 0 Å². The Morgan fingerprint density at radius 2 is 1.96 bits per heavy atom. The van der Waals surface area contributed by atoms with Gasteiger partial charge in [-0.2, -0.15) is 5.10 Å². The third kappa shape index (κ3) is 4.77. The van der Waals surface area contributed by atoms with Crippen molar-refractivity contribution in [1.82, 2.24) is 14.8 Å². The number of rotatable bonds is 8. The lowest BCUT2D eigenvalue weighted by Gasteiger charge is -2.40. The number of aliphatic hydroxyl groups is 1. The number of ether oxygens (including phenoxy) is 1. The van der Waals surface area contributed by atoms with Gasteiger partial charge in [-0.3, -0.25) is 4.68 Å². The highest BCUT2D eigenvalue weighted by Crippen LogP contribution is 2.36. The van der Waals surface area contributed by atoms with Crippen molar-refractivity contribution < 1.29 is 14.2 Å². The SMILES string of the molecule is CC(C)(C)C(O)(CCCCOc1ccccc1F)Cn1cncn1. The standard InChI is InChI=1S/C18H26FN3O2/c1-17(2,3)18(23,12-22-14-20-13-21-22)10-6-7-11-24-16-9-5-4-8-15(16)19/h4-5,8-9,13-14,23H,6-7,10-12H2,1-3H3. The van der Waals surface area contributed by atoms with Crippen LogP contribution in [0.4, 0.5) is 4.39 Å². The fraction of sp³-hybridized carbons (Fsp3) is 0.556. The van der Waals surface area contributed by atoms with Gasteiger partial charge in [-0.1, -0.05) is 32.9 Å². The number of hydrogen-bond donors (Lipinski definition) is 1. The fourth-order valence-corrected chi connectivity index (χ4v) is 2.54. The van der Waals surface area contributed by atoms with Crippen molar-refractivity contribution in [2.45, 2.75) is 52.2 Å². The zero-order valence-electron chi connectivity index (χ0n) is 14.6. The van der Waals surface area contributed by atoms with Crippen LogP contribution in [0.25, 0.3) is 0 Å². The van der Waals surface area contributed by atoms with Crippen LogP contribution in [-0.2, 0) is 6.54 Å². The predicted octanol–water partition coefficient (Wildman–Crippen LogP) is 3.44. The van der Waals surface area contributed by atoms with Crippen LogP contribution in [0.15, 0.2) is 36.9 Å². The zero-order chi connectivity index (χ0) is 17.6. The van der Waals surface area contributed by atoms with Crippen LogP contribution in [0.1, 0.15) is 40.0 Å². The lowest BCUT2D eigenvalue weighted by Crippen LogP contribution is -2.46. The maximum Gasteiger partial charge on any atom is 0.165 e. The second-order valence-electron chi connectivity index (χ2n) is 7.11. The smallest absolute Gasteiger partial charge is 0.165 e. The monoisotopic (exact) mass is 335 g/mol. The first-order valence-electron chi connectivity index (χ1n) is 8.24. The summed E-state index contributed by atoms with van der Waals surface area (Å²) in [6, 6.07) is 6.38. The van der Waals surface area contributed by atoms with E-state index in [0.29, 0.717) is 19.6 Å². The third-order valence-corrected chi connectivity index (χ3v) is 4.37. The largest absolute Gasteiger partial charge is 0.491 e. The minimum Gasteiger partial charge on any atom is -0.491 e. The van der Waals surface area contributed by atoms with E-state index in [-0.39, 0.29) is 17.0 Å². The van der Waals surface area contributed by atoms with Gasteiger partial charge in [0.1, 0.15) is 12.7 Å². The molecule has 1 unspecified atom stereocenters. The highest BCUT2D eigenvalue weighted by molar-refractivity contribution is 5.23. The summed E-state index contributed by atoms with van der Waals surface area (Å²) in [4.78, 5) is 3.93. The molecule has 0 fully saturated rings. The Morgan fingerprint density at radius 3 is 2.58 bits per heavy atom. The molecule has 0 aliphatic heterocycles. The van der Waals surface area contributed by atoms with Gasteiger partial charge in [0, 0.05) is 0 Å². The summed E-state index contributed by atoms with van der Waals surface area (Å²) in [6.07, 6.45) is 5.20. The zero-order valence-corrected chi connectivity index (χ0v) is 14.6. The summed E-state index contributed by atoms with van der Waals surface area (Å²) in [5, 5.41) is 15.2. The first-order valence-corrected chi connectivity index (χ1v) is 8.24. The van der Waals surface area contributed by atoms with Crippen molar-refractivity contribution >= 4 is 0 Å². The number of para-hydroxylation sites is 1. The molecule has 1 N–H and O–H groups in total. The summed E-state index contributed by atoms with van der Waals surface area (Å²) in [7, 11) is 0. The molecule has 1 heterocycles. The van der Waals surface area contributed by atoms with Crippen molar-refractivity contribution in [3.05, 3.63) is 42.7 Å². The number of unbranched alkanes of at least 4 members (excludes halogenated alkanes) is 1. The molecule has 0 bridgehead atoms. The molecule has 2 rings (SSSR count). The molecule has 24 heavy (non-hydrogen) atoms. The number of benzene rings is 1. The van der Waals surface area contributed by atoms with E-state index in [4.69, 9.17) is 4.74 Å². The Labute approximate surface area is 142 Å². The van der Waals surface area contributed by atoms with Crippen LogP contribution in [0, 0.1) is 11.2 Å². The van der Waals surface area contributed by atoms with Crippen LogP contribution >= 0.6 is 0 Å². The minimum atomic E-state index is -0.904. The minimum absolute atomic E-state index is 0.270. The summed E-state index contributed by atoms with van der Waals surface area (Å²) in [6.45, 7) is 6.86. The maximum absolute atomic E-state index is 13.5. The van der Waals surface area contributed by atoms with Gasteiger partial charge >= 0.3 is 0 Å². The molecular weight excluding hydrogens is 309 g/mol. The molecule has 5 nitrogen and oxygen atoms in total. The summed E-state index contributed by atoms with van der Waals surface area (Å²) >= 11 is 0. The number of aromatic nitrogens is 3. The predicted molar refractivity (Wildman–Crippen MR) is 90.2 cm³/mol. The van der Waals surface area contributed by atoms with Crippen LogP contribution < -0.4 is 4.74 Å². The fourth-order valence-electron chi connectivity index (χ4n) is 2.54. The molecule has 0 radical (unpaired) electrons. The van der Waals surface area contributed by atoms with Crippen LogP contribution in [-0.4, -0.2) is 32.1 Å². The molecule has 0 saturated heterocycles. The molecular formula is C18H26FN3O2. The van der Waals surface area contributed by atoms with Crippen LogP contribution in [0.3, 0.4) is 0 Å². The maximum atomic E-state index is 13.5. The van der Waals surface area contributed by atoms with E-state index in [1.54, 1.807) is 29.2 Å².